The van der Waals surface area contributed by atoms with Gasteiger partial charge in [0.15, 0.2) is 0 Å². The van der Waals surface area contributed by atoms with Crippen LogP contribution < -0.4 is 5.73 Å². The molecule has 106 valence electrons. The molecule has 1 heterocycles. The number of rotatable bonds is 4. The van der Waals surface area contributed by atoms with Crippen molar-refractivity contribution in [1.29, 1.82) is 0 Å². The van der Waals surface area contributed by atoms with E-state index >= 15 is 0 Å². The highest BCUT2D eigenvalue weighted by Gasteiger charge is 2.32. The Morgan fingerprint density at radius 3 is 2.21 bits per heavy atom. The second kappa shape index (κ2) is 6.04. The van der Waals surface area contributed by atoms with Gasteiger partial charge >= 0.3 is 0 Å². The van der Waals surface area contributed by atoms with Crippen LogP contribution in [0, 0.1) is 6.92 Å². The van der Waals surface area contributed by atoms with Crippen LogP contribution in [0.15, 0.2) is 24.3 Å². The molecule has 2 N–H and O–H groups in total. The highest BCUT2D eigenvalue weighted by atomic mass is 15.3. The first-order chi connectivity index (χ1) is 9.03. The first kappa shape index (κ1) is 14.5. The number of nitrogens with zero attached hydrogens (tertiary/aromatic N) is 2. The van der Waals surface area contributed by atoms with Crippen LogP contribution in [0.25, 0.3) is 0 Å². The van der Waals surface area contributed by atoms with E-state index < -0.39 is 0 Å². The van der Waals surface area contributed by atoms with E-state index in [1.54, 1.807) is 0 Å². The van der Waals surface area contributed by atoms with Crippen molar-refractivity contribution in [2.45, 2.75) is 25.8 Å². The molecule has 19 heavy (non-hydrogen) atoms. The summed E-state index contributed by atoms with van der Waals surface area (Å²) < 4.78 is 0. The van der Waals surface area contributed by atoms with E-state index in [9.17, 15) is 0 Å². The van der Waals surface area contributed by atoms with Crippen LogP contribution in [0.5, 0.6) is 0 Å². The minimum Gasteiger partial charge on any atom is -0.329 e. The zero-order chi connectivity index (χ0) is 13.9. The molecule has 3 heteroatoms. The largest absolute Gasteiger partial charge is 0.329 e. The standard InChI is InChI=1S/C16H27N3/c1-14-4-6-15(7-5-14)12-16(2,13-17)19-10-8-18(3)9-11-19/h4-7H,8-13,17H2,1-3H3. The third-order valence-electron chi connectivity index (χ3n) is 4.41. The van der Waals surface area contributed by atoms with Crippen LogP contribution in [0.1, 0.15) is 18.1 Å². The van der Waals surface area contributed by atoms with Crippen LogP contribution in [-0.4, -0.2) is 55.1 Å². The predicted octanol–water partition coefficient (Wildman–Crippen LogP) is 1.50. The summed E-state index contributed by atoms with van der Waals surface area (Å²) >= 11 is 0. The minimum absolute atomic E-state index is 0.0799. The average Bonchev–Trinajstić information content (AvgIpc) is 2.42. The van der Waals surface area contributed by atoms with Gasteiger partial charge in [-0.3, -0.25) is 4.90 Å². The topological polar surface area (TPSA) is 32.5 Å². The van der Waals surface area contributed by atoms with Crippen molar-refractivity contribution in [2.24, 2.45) is 5.73 Å². The maximum Gasteiger partial charge on any atom is 0.0344 e. The zero-order valence-electron chi connectivity index (χ0n) is 12.5. The first-order valence-electron chi connectivity index (χ1n) is 7.23. The highest BCUT2D eigenvalue weighted by Crippen LogP contribution is 2.21. The van der Waals surface area contributed by atoms with E-state index in [0.29, 0.717) is 6.54 Å². The third kappa shape index (κ3) is 3.56. The molecule has 1 aromatic carbocycles. The Labute approximate surface area is 117 Å². The zero-order valence-corrected chi connectivity index (χ0v) is 12.5. The Bertz CT molecular complexity index is 393. The molecular formula is C16H27N3. The summed E-state index contributed by atoms with van der Waals surface area (Å²) in [6.07, 6.45) is 1.04. The fourth-order valence-electron chi connectivity index (χ4n) is 2.81. The summed E-state index contributed by atoms with van der Waals surface area (Å²) in [5, 5.41) is 0. The van der Waals surface area contributed by atoms with Gasteiger partial charge in [0.2, 0.25) is 0 Å². The van der Waals surface area contributed by atoms with E-state index in [4.69, 9.17) is 5.73 Å². The van der Waals surface area contributed by atoms with Gasteiger partial charge in [-0.25, -0.2) is 0 Å². The Kier molecular flexibility index (Phi) is 4.61. The number of benzene rings is 1. The van der Waals surface area contributed by atoms with Gasteiger partial charge < -0.3 is 10.6 Å². The first-order valence-corrected chi connectivity index (χ1v) is 7.23. The molecule has 0 radical (unpaired) electrons. The fraction of sp³-hybridized carbons (Fsp3) is 0.625. The lowest BCUT2D eigenvalue weighted by Gasteiger charge is -2.45. The minimum atomic E-state index is 0.0799. The molecule has 0 amide bonds. The van der Waals surface area contributed by atoms with Crippen molar-refractivity contribution in [3.8, 4) is 0 Å². The monoisotopic (exact) mass is 261 g/mol. The lowest BCUT2D eigenvalue weighted by Crippen LogP contribution is -2.59. The lowest BCUT2D eigenvalue weighted by molar-refractivity contribution is 0.0560. The van der Waals surface area contributed by atoms with E-state index in [1.165, 1.54) is 11.1 Å². The van der Waals surface area contributed by atoms with Crippen molar-refractivity contribution in [1.82, 2.24) is 9.80 Å². The Hall–Kier alpha value is -0.900. The van der Waals surface area contributed by atoms with Crippen LogP contribution in [-0.2, 0) is 6.42 Å². The highest BCUT2D eigenvalue weighted by molar-refractivity contribution is 5.23. The van der Waals surface area contributed by atoms with Crippen LogP contribution in [0.2, 0.25) is 0 Å². The number of hydrogen-bond donors (Lipinski definition) is 1. The molecule has 1 aliphatic heterocycles. The SMILES string of the molecule is Cc1ccc(CC(C)(CN)N2CCN(C)CC2)cc1. The van der Waals surface area contributed by atoms with Crippen molar-refractivity contribution >= 4 is 0 Å². The maximum atomic E-state index is 6.09. The molecule has 1 aromatic rings. The van der Waals surface area contributed by atoms with E-state index in [0.717, 1.165) is 32.6 Å². The second-order valence-corrected chi connectivity index (χ2v) is 6.15. The molecule has 0 aromatic heterocycles. The summed E-state index contributed by atoms with van der Waals surface area (Å²) in [7, 11) is 2.19. The summed E-state index contributed by atoms with van der Waals surface area (Å²) in [4.78, 5) is 4.95. The smallest absolute Gasteiger partial charge is 0.0344 e. The van der Waals surface area contributed by atoms with Crippen molar-refractivity contribution in [3.63, 3.8) is 0 Å². The summed E-state index contributed by atoms with van der Waals surface area (Å²) in [5.74, 6) is 0. The predicted molar refractivity (Wildman–Crippen MR) is 81.4 cm³/mol. The molecule has 0 aliphatic carbocycles. The molecule has 0 saturated carbocycles. The molecular weight excluding hydrogens is 234 g/mol. The Balaban J connectivity index is 2.06. The van der Waals surface area contributed by atoms with E-state index in [-0.39, 0.29) is 5.54 Å². The molecule has 1 atom stereocenters. The summed E-state index contributed by atoms with van der Waals surface area (Å²) in [6, 6.07) is 8.85. The molecule has 0 spiro atoms. The summed E-state index contributed by atoms with van der Waals surface area (Å²) in [5.41, 5.74) is 8.88. The van der Waals surface area contributed by atoms with Gasteiger partial charge in [0.1, 0.15) is 0 Å². The van der Waals surface area contributed by atoms with Gasteiger partial charge in [0.25, 0.3) is 0 Å². The van der Waals surface area contributed by atoms with Gasteiger partial charge in [0, 0.05) is 38.3 Å². The average molecular weight is 261 g/mol. The maximum absolute atomic E-state index is 6.09. The fourth-order valence-corrected chi connectivity index (χ4v) is 2.81. The Morgan fingerprint density at radius 1 is 1.11 bits per heavy atom. The quantitative estimate of drug-likeness (QED) is 0.891. The molecule has 2 rings (SSSR count). The third-order valence-corrected chi connectivity index (χ3v) is 4.41. The molecule has 1 unspecified atom stereocenters. The summed E-state index contributed by atoms with van der Waals surface area (Å²) in [6.45, 7) is 9.67. The second-order valence-electron chi connectivity index (χ2n) is 6.15. The van der Waals surface area contributed by atoms with Crippen molar-refractivity contribution < 1.29 is 0 Å². The number of hydrogen-bond acceptors (Lipinski definition) is 3. The van der Waals surface area contributed by atoms with Crippen LogP contribution >= 0.6 is 0 Å². The van der Waals surface area contributed by atoms with E-state index in [1.807, 2.05) is 0 Å². The molecule has 3 nitrogen and oxygen atoms in total. The molecule has 1 aliphatic rings. The lowest BCUT2D eigenvalue weighted by atomic mass is 9.90. The van der Waals surface area contributed by atoms with E-state index in [2.05, 4.69) is 55.0 Å². The molecule has 0 bridgehead atoms. The van der Waals surface area contributed by atoms with Crippen molar-refractivity contribution in [2.75, 3.05) is 39.8 Å². The molecule has 1 saturated heterocycles. The van der Waals surface area contributed by atoms with Gasteiger partial charge in [0.05, 0.1) is 0 Å². The van der Waals surface area contributed by atoms with Gasteiger partial charge in [-0.05, 0) is 32.9 Å². The normalized spacial score (nSPS) is 21.3. The van der Waals surface area contributed by atoms with Crippen molar-refractivity contribution in [3.05, 3.63) is 35.4 Å². The number of likely N-dealkylation sites (N-methyl/N-ethyl adjacent to an activating group) is 1. The number of nitrogens with two attached hydrogens (primary N) is 1. The van der Waals surface area contributed by atoms with Crippen LogP contribution in [0.3, 0.4) is 0 Å². The molecule has 1 fully saturated rings. The number of aryl methyl sites for hydroxylation is 1. The van der Waals surface area contributed by atoms with Gasteiger partial charge in [-0.15, -0.1) is 0 Å². The van der Waals surface area contributed by atoms with Crippen LogP contribution in [0.4, 0.5) is 0 Å². The van der Waals surface area contributed by atoms with Gasteiger partial charge in [-0.2, -0.15) is 0 Å². The Morgan fingerprint density at radius 2 is 1.68 bits per heavy atom. The number of piperazine rings is 1. The van der Waals surface area contributed by atoms with Gasteiger partial charge in [-0.1, -0.05) is 29.8 Å².